The van der Waals surface area contributed by atoms with Crippen LogP contribution in [0.15, 0.2) is 47.5 Å². The lowest BCUT2D eigenvalue weighted by Gasteiger charge is -2.35. The Balaban J connectivity index is 1.24. The highest BCUT2D eigenvalue weighted by Gasteiger charge is 2.48. The van der Waals surface area contributed by atoms with Crippen LogP contribution in [0.25, 0.3) is 10.8 Å². The van der Waals surface area contributed by atoms with Crippen LogP contribution in [-0.4, -0.2) is 41.3 Å². The van der Waals surface area contributed by atoms with E-state index in [1.807, 2.05) is 36.4 Å². The summed E-state index contributed by atoms with van der Waals surface area (Å²) in [6.07, 6.45) is 13.0. The highest BCUT2D eigenvalue weighted by Crippen LogP contribution is 2.40. The third kappa shape index (κ3) is 5.28. The molecule has 0 spiro atoms. The number of likely N-dealkylation sites (N-methyl/N-ethyl adjacent to an activating group) is 1. The fraction of sp³-hybridized carbons (Fsp3) is 0.567. The first kappa shape index (κ1) is 24.8. The van der Waals surface area contributed by atoms with E-state index in [2.05, 4.69) is 11.4 Å². The number of hydrogen-bond donors (Lipinski definition) is 2. The minimum Gasteiger partial charge on any atom is -0.369 e. The highest BCUT2D eigenvalue weighted by atomic mass is 16.2. The molecule has 0 radical (unpaired) electrons. The van der Waals surface area contributed by atoms with Gasteiger partial charge in [-0.15, -0.1) is 0 Å². The molecule has 1 heterocycles. The number of nitrogens with two attached hydrogens (primary N) is 1. The van der Waals surface area contributed by atoms with Crippen LogP contribution in [0.5, 0.6) is 0 Å². The summed E-state index contributed by atoms with van der Waals surface area (Å²) >= 11 is 0. The van der Waals surface area contributed by atoms with Crippen LogP contribution in [0.4, 0.5) is 0 Å². The van der Waals surface area contributed by atoms with Crippen LogP contribution in [0.2, 0.25) is 0 Å². The Morgan fingerprint density at radius 2 is 1.78 bits per heavy atom. The van der Waals surface area contributed by atoms with Gasteiger partial charge in [0, 0.05) is 18.7 Å². The average Bonchev–Trinajstić information content (AvgIpc) is 3.11. The number of aliphatic imine (C=N–C) groups is 1. The predicted octanol–water partition coefficient (Wildman–Crippen LogP) is 5.40. The molecule has 1 aliphatic heterocycles. The van der Waals surface area contributed by atoms with Gasteiger partial charge in [-0.2, -0.15) is 0 Å². The second-order valence-electron chi connectivity index (χ2n) is 11.4. The number of hydrogen-bond acceptors (Lipinski definition) is 4. The summed E-state index contributed by atoms with van der Waals surface area (Å²) in [5.41, 5.74) is 6.12. The number of carbonyl (C=O) groups excluding carboxylic acids is 2. The van der Waals surface area contributed by atoms with Gasteiger partial charge in [-0.05, 0) is 66.8 Å². The van der Waals surface area contributed by atoms with E-state index in [1.54, 1.807) is 11.9 Å². The molecule has 3 atom stereocenters. The highest BCUT2D eigenvalue weighted by molar-refractivity contribution is 6.06. The fourth-order valence-corrected chi connectivity index (χ4v) is 6.76. The van der Waals surface area contributed by atoms with Crippen LogP contribution in [0.1, 0.15) is 87.4 Å². The van der Waals surface area contributed by atoms with E-state index in [1.165, 1.54) is 32.1 Å². The zero-order chi connectivity index (χ0) is 25.1. The first-order chi connectivity index (χ1) is 17.4. The van der Waals surface area contributed by atoms with E-state index in [9.17, 15) is 9.59 Å². The third-order valence-corrected chi connectivity index (χ3v) is 8.82. The van der Waals surface area contributed by atoms with E-state index in [4.69, 9.17) is 10.7 Å². The lowest BCUT2D eigenvalue weighted by molar-refractivity contribution is -0.131. The molecule has 0 aromatic heterocycles. The van der Waals surface area contributed by atoms with Gasteiger partial charge < -0.3 is 11.1 Å². The Morgan fingerprint density at radius 3 is 2.53 bits per heavy atom. The standard InChI is InChI=1S/C30H40N4O2/c1-34-28(36)30(33-29(34)31,17-16-21-8-3-2-4-9-21)20-22-10-7-13-26(18-22)32-27(35)25-15-14-23-11-5-6-12-24(23)19-25/h5-6,11-12,14-15,19,21-22,26H,2-4,7-10,13,16-18,20H2,1H3,(H2,31,33)(H,32,35)/t22?,26?,30-/m1/s1. The van der Waals surface area contributed by atoms with Crippen molar-refractivity contribution in [2.75, 3.05) is 7.05 Å². The van der Waals surface area contributed by atoms with Crippen LogP contribution >= 0.6 is 0 Å². The van der Waals surface area contributed by atoms with E-state index >= 15 is 0 Å². The monoisotopic (exact) mass is 488 g/mol. The molecule has 2 saturated carbocycles. The molecule has 6 heteroatoms. The van der Waals surface area contributed by atoms with Crippen LogP contribution < -0.4 is 11.1 Å². The van der Waals surface area contributed by atoms with E-state index in [-0.39, 0.29) is 17.9 Å². The lowest BCUT2D eigenvalue weighted by atomic mass is 9.74. The number of benzene rings is 2. The molecular weight excluding hydrogens is 448 g/mol. The largest absolute Gasteiger partial charge is 0.369 e. The normalized spacial score (nSPS) is 27.3. The Hall–Kier alpha value is -2.89. The van der Waals surface area contributed by atoms with Crippen molar-refractivity contribution in [3.63, 3.8) is 0 Å². The quantitative estimate of drug-likeness (QED) is 0.547. The summed E-state index contributed by atoms with van der Waals surface area (Å²) < 4.78 is 0. The van der Waals surface area contributed by atoms with Crippen molar-refractivity contribution >= 4 is 28.5 Å². The third-order valence-electron chi connectivity index (χ3n) is 8.82. The lowest BCUT2D eigenvalue weighted by Crippen LogP contribution is -2.45. The van der Waals surface area contributed by atoms with Crippen molar-refractivity contribution in [3.05, 3.63) is 48.0 Å². The molecule has 2 amide bonds. The molecule has 3 aliphatic rings. The Kier molecular flexibility index (Phi) is 7.31. The van der Waals surface area contributed by atoms with Crippen molar-refractivity contribution < 1.29 is 9.59 Å². The molecule has 36 heavy (non-hydrogen) atoms. The van der Waals surface area contributed by atoms with Crippen molar-refractivity contribution in [3.8, 4) is 0 Å². The first-order valence-corrected chi connectivity index (χ1v) is 13.9. The van der Waals surface area contributed by atoms with Gasteiger partial charge in [0.05, 0.1) is 0 Å². The molecule has 2 unspecified atom stereocenters. The van der Waals surface area contributed by atoms with Gasteiger partial charge in [0.1, 0.15) is 5.54 Å². The minimum atomic E-state index is -0.731. The number of nitrogens with zero attached hydrogens (tertiary/aromatic N) is 2. The second-order valence-corrected chi connectivity index (χ2v) is 11.4. The number of carbonyl (C=O) groups is 2. The predicted molar refractivity (Wildman–Crippen MR) is 145 cm³/mol. The molecule has 2 aromatic rings. The van der Waals surface area contributed by atoms with Crippen molar-refractivity contribution in [2.45, 2.75) is 88.6 Å². The Bertz CT molecular complexity index is 1140. The molecule has 192 valence electrons. The van der Waals surface area contributed by atoms with Gasteiger partial charge >= 0.3 is 0 Å². The summed E-state index contributed by atoms with van der Waals surface area (Å²) in [6, 6.07) is 14.1. The molecule has 2 aromatic carbocycles. The van der Waals surface area contributed by atoms with Gasteiger partial charge in [0.25, 0.3) is 11.8 Å². The van der Waals surface area contributed by atoms with Crippen molar-refractivity contribution in [1.82, 2.24) is 10.2 Å². The smallest absolute Gasteiger partial charge is 0.257 e. The van der Waals surface area contributed by atoms with Gasteiger partial charge in [-0.1, -0.05) is 75.3 Å². The number of amides is 2. The number of guanidine groups is 1. The average molecular weight is 489 g/mol. The summed E-state index contributed by atoms with van der Waals surface area (Å²) in [6.45, 7) is 0. The van der Waals surface area contributed by atoms with Crippen LogP contribution in [0, 0.1) is 11.8 Å². The van der Waals surface area contributed by atoms with Gasteiger partial charge in [-0.25, -0.2) is 4.99 Å². The summed E-state index contributed by atoms with van der Waals surface area (Å²) in [7, 11) is 1.75. The molecule has 5 rings (SSSR count). The second kappa shape index (κ2) is 10.6. The molecule has 0 bridgehead atoms. The molecule has 2 fully saturated rings. The zero-order valence-electron chi connectivity index (χ0n) is 21.5. The zero-order valence-corrected chi connectivity index (χ0v) is 21.5. The Labute approximate surface area is 214 Å². The summed E-state index contributed by atoms with van der Waals surface area (Å²) in [5.74, 6) is 1.43. The maximum absolute atomic E-state index is 13.4. The maximum Gasteiger partial charge on any atom is 0.257 e. The van der Waals surface area contributed by atoms with E-state index < -0.39 is 5.54 Å². The minimum absolute atomic E-state index is 0.0163. The molecule has 0 saturated heterocycles. The maximum atomic E-state index is 13.4. The summed E-state index contributed by atoms with van der Waals surface area (Å²) in [5, 5.41) is 5.50. The number of nitrogens with one attached hydrogen (secondary N) is 1. The van der Waals surface area contributed by atoms with Crippen LogP contribution in [0.3, 0.4) is 0 Å². The van der Waals surface area contributed by atoms with E-state index in [0.717, 1.165) is 55.7 Å². The number of rotatable bonds is 7. The summed E-state index contributed by atoms with van der Waals surface area (Å²) in [4.78, 5) is 32.8. The molecular formula is C30H40N4O2. The fourth-order valence-electron chi connectivity index (χ4n) is 6.76. The molecule has 3 N–H and O–H groups in total. The van der Waals surface area contributed by atoms with Crippen molar-refractivity contribution in [1.29, 1.82) is 0 Å². The topological polar surface area (TPSA) is 87.8 Å². The van der Waals surface area contributed by atoms with Gasteiger partial charge in [0.15, 0.2) is 5.96 Å². The SMILES string of the molecule is CN1C(=O)[C@@](CCC2CCCCC2)(CC2CCCC(NC(=O)c3ccc4ccccc4c3)C2)N=C1N. The first-order valence-electron chi connectivity index (χ1n) is 13.9. The Morgan fingerprint density at radius 1 is 1.03 bits per heavy atom. The van der Waals surface area contributed by atoms with Crippen molar-refractivity contribution in [2.24, 2.45) is 22.6 Å². The number of fused-ring (bicyclic) bond motifs is 1. The molecule has 6 nitrogen and oxygen atoms in total. The van der Waals surface area contributed by atoms with Crippen LogP contribution in [-0.2, 0) is 4.79 Å². The van der Waals surface area contributed by atoms with E-state index in [0.29, 0.717) is 23.4 Å². The van der Waals surface area contributed by atoms with Gasteiger partial charge in [0.2, 0.25) is 0 Å². The van der Waals surface area contributed by atoms with Gasteiger partial charge in [-0.3, -0.25) is 14.5 Å². The molecule has 2 aliphatic carbocycles.